The molecule has 566 valence electrons. The first-order valence-electron chi connectivity index (χ1n) is 35.3. The van der Waals surface area contributed by atoms with E-state index in [0.29, 0.717) is 61.4 Å². The number of carbonyl (C=O) groups excluding carboxylic acids is 10. The molecule has 0 radical (unpaired) electrons. The van der Waals surface area contributed by atoms with Crippen molar-refractivity contribution in [2.75, 3.05) is 136 Å². The molecular formula is C71H112IN17O13. The maximum atomic E-state index is 14.1. The summed E-state index contributed by atoms with van der Waals surface area (Å²) >= 11 is 1.61. The summed E-state index contributed by atoms with van der Waals surface area (Å²) in [6.45, 7) is 22.3. The number of benzene rings is 2. The first kappa shape index (κ1) is 86.3. The van der Waals surface area contributed by atoms with Gasteiger partial charge in [0.15, 0.2) is 0 Å². The highest BCUT2D eigenvalue weighted by atomic mass is 127. The van der Waals surface area contributed by atoms with Crippen LogP contribution in [-0.4, -0.2) is 252 Å². The van der Waals surface area contributed by atoms with Gasteiger partial charge in [0, 0.05) is 121 Å². The minimum absolute atomic E-state index is 0.0558. The van der Waals surface area contributed by atoms with Crippen LogP contribution in [-0.2, 0) is 77.5 Å². The van der Waals surface area contributed by atoms with Crippen molar-refractivity contribution in [2.24, 2.45) is 24.8 Å². The average Bonchev–Trinajstić information content (AvgIpc) is 1.25. The number of hydrogen-bond donors (Lipinski definition) is 11. The number of aliphatic carboxylic acids is 1. The molecule has 0 spiro atoms. The summed E-state index contributed by atoms with van der Waals surface area (Å²) < 4.78 is 8.14. The fourth-order valence-corrected chi connectivity index (χ4v) is 11.9. The average molecular weight is 1540 g/mol. The number of nitrogens with zero attached hydrogens (tertiary/aromatic N) is 7. The molecule has 0 saturated carbocycles. The van der Waals surface area contributed by atoms with E-state index < -0.39 is 117 Å². The highest BCUT2D eigenvalue weighted by molar-refractivity contribution is 14.1. The Kier molecular flexibility index (Phi) is 39.3. The van der Waals surface area contributed by atoms with Crippen molar-refractivity contribution in [1.82, 2.24) is 74.8 Å². The molecule has 11 N–H and O–H groups in total. The molecule has 1 unspecified atom stereocenters. The second kappa shape index (κ2) is 46.5. The summed E-state index contributed by atoms with van der Waals surface area (Å²) in [6.07, 6.45) is 8.23. The van der Waals surface area contributed by atoms with E-state index in [9.17, 15) is 57.8 Å². The Labute approximate surface area is 615 Å². The van der Waals surface area contributed by atoms with Crippen LogP contribution in [0.3, 0.4) is 0 Å². The summed E-state index contributed by atoms with van der Waals surface area (Å²) in [5.41, 5.74) is 4.09. The molecule has 1 aromatic heterocycles. The minimum Gasteiger partial charge on any atom is -0.480 e. The molecule has 102 heavy (non-hydrogen) atoms. The van der Waals surface area contributed by atoms with E-state index in [1.165, 1.54) is 0 Å². The number of hydrogen-bond acceptors (Lipinski definition) is 18. The van der Waals surface area contributed by atoms with Gasteiger partial charge in [-0.25, -0.2) is 4.98 Å². The molecule has 31 heteroatoms. The number of ether oxygens (including phenoxy) is 1. The van der Waals surface area contributed by atoms with Crippen molar-refractivity contribution in [3.63, 3.8) is 0 Å². The highest BCUT2D eigenvalue weighted by Gasteiger charge is 2.31. The van der Waals surface area contributed by atoms with Crippen molar-refractivity contribution in [1.29, 1.82) is 0 Å². The number of carbonyl (C=O) groups is 11. The molecule has 2 heterocycles. The van der Waals surface area contributed by atoms with Crippen LogP contribution in [0.25, 0.3) is 5.57 Å². The van der Waals surface area contributed by atoms with E-state index in [2.05, 4.69) is 114 Å². The van der Waals surface area contributed by atoms with Crippen LogP contribution in [0.1, 0.15) is 111 Å². The van der Waals surface area contributed by atoms with Gasteiger partial charge in [0.05, 0.1) is 61.9 Å². The second-order valence-corrected chi connectivity index (χ2v) is 27.9. The number of amides is 10. The van der Waals surface area contributed by atoms with Gasteiger partial charge in [-0.1, -0.05) is 98.7 Å². The zero-order chi connectivity index (χ0) is 75.3. The normalized spacial score (nSPS) is 14.7. The molecular weight excluding hydrogens is 1430 g/mol. The Morgan fingerprint density at radius 2 is 1.22 bits per heavy atom. The van der Waals surface area contributed by atoms with Gasteiger partial charge in [0.2, 0.25) is 53.2 Å². The van der Waals surface area contributed by atoms with Crippen LogP contribution in [0.4, 0.5) is 11.4 Å². The van der Waals surface area contributed by atoms with Crippen LogP contribution < -0.4 is 53.2 Å². The van der Waals surface area contributed by atoms with Gasteiger partial charge in [0.25, 0.3) is 5.91 Å². The summed E-state index contributed by atoms with van der Waals surface area (Å²) in [6, 6.07) is 10.6. The number of carboxylic acids is 1. The molecule has 1 aliphatic rings. The van der Waals surface area contributed by atoms with Gasteiger partial charge in [-0.2, -0.15) is 0 Å². The predicted octanol–water partition coefficient (Wildman–Crippen LogP) is 2.11. The molecule has 3 atom stereocenters. The summed E-state index contributed by atoms with van der Waals surface area (Å²) in [7, 11) is 3.52. The molecule has 1 aliphatic heterocycles. The number of nitrogens with one attached hydrogen (secondary N) is 10. The predicted molar refractivity (Wildman–Crippen MR) is 399 cm³/mol. The molecule has 4 rings (SSSR count). The second-order valence-electron chi connectivity index (χ2n) is 26.7. The van der Waals surface area contributed by atoms with Crippen molar-refractivity contribution < 1.29 is 62.6 Å². The number of allylic oxidation sites excluding steroid dienone is 1. The van der Waals surface area contributed by atoms with E-state index in [0.717, 1.165) is 78.5 Å². The van der Waals surface area contributed by atoms with Gasteiger partial charge >= 0.3 is 5.97 Å². The van der Waals surface area contributed by atoms with Crippen LogP contribution in [0.15, 0.2) is 67.1 Å². The first-order chi connectivity index (χ1) is 48.6. The Morgan fingerprint density at radius 1 is 0.637 bits per heavy atom. The Morgan fingerprint density at radius 3 is 1.78 bits per heavy atom. The number of rotatable bonds is 41. The molecule has 10 amide bonds. The van der Waals surface area contributed by atoms with E-state index >= 15 is 0 Å². The summed E-state index contributed by atoms with van der Waals surface area (Å²) in [5, 5.41) is 37.2. The van der Waals surface area contributed by atoms with Crippen LogP contribution in [0.5, 0.6) is 0 Å². The summed E-state index contributed by atoms with van der Waals surface area (Å²) in [5.74, 6) is -6.88. The van der Waals surface area contributed by atoms with Crippen molar-refractivity contribution in [3.8, 4) is 0 Å². The number of aromatic nitrogens is 2. The van der Waals surface area contributed by atoms with Crippen molar-refractivity contribution in [2.45, 2.75) is 132 Å². The minimum atomic E-state index is -1.30. The Balaban J connectivity index is 1.27. The lowest BCUT2D eigenvalue weighted by molar-refractivity contribution is -0.138. The number of likely N-dealkylation sites (N-methyl/N-ethyl adjacent to an activating group) is 1. The lowest BCUT2D eigenvalue weighted by Crippen LogP contribution is -2.56. The number of para-hydroxylation sites is 1. The van der Waals surface area contributed by atoms with Gasteiger partial charge < -0.3 is 77.4 Å². The van der Waals surface area contributed by atoms with E-state index in [-0.39, 0.29) is 50.3 Å². The zero-order valence-corrected chi connectivity index (χ0v) is 63.6. The van der Waals surface area contributed by atoms with Crippen LogP contribution >= 0.6 is 22.9 Å². The third-order valence-corrected chi connectivity index (χ3v) is 17.7. The number of carboxylic acid groups (broad SMARTS) is 1. The maximum absolute atomic E-state index is 14.1. The summed E-state index contributed by atoms with van der Waals surface area (Å²) in [4.78, 5) is 159. The monoisotopic (exact) mass is 1540 g/mol. The molecule has 30 nitrogen and oxygen atoms in total. The number of aryl methyl sites for hydroxylation is 1. The highest BCUT2D eigenvalue weighted by Crippen LogP contribution is 2.28. The van der Waals surface area contributed by atoms with Crippen molar-refractivity contribution in [3.05, 3.63) is 84.0 Å². The molecule has 2 aromatic carbocycles. The maximum Gasteiger partial charge on any atom is 0.317 e. The smallest absolute Gasteiger partial charge is 0.317 e. The largest absolute Gasteiger partial charge is 0.480 e. The molecule has 1 fully saturated rings. The molecule has 3 aromatic rings. The van der Waals surface area contributed by atoms with Gasteiger partial charge in [-0.15, -0.1) is 0 Å². The molecule has 0 aliphatic carbocycles. The Hall–Kier alpha value is -8.11. The van der Waals surface area contributed by atoms with Crippen molar-refractivity contribution >= 4 is 105 Å². The third kappa shape index (κ3) is 33.3. The van der Waals surface area contributed by atoms with Crippen LogP contribution in [0, 0.1) is 17.8 Å². The first-order valence-corrected chi connectivity index (χ1v) is 36.3. The number of halogens is 1. The quantitative estimate of drug-likeness (QED) is 0.0286. The fourth-order valence-electron chi connectivity index (χ4n) is 11.5. The van der Waals surface area contributed by atoms with Gasteiger partial charge in [0.1, 0.15) is 37.9 Å². The third-order valence-electron chi connectivity index (χ3n) is 16.8. The SMILES string of the molecule is CC/C=C(/C[C@H](NC(=O)CNC(=O)CN(I)C(=O)COCC(=O)Nc1ccc(CNC(=O)CN2CCN(CCC)CCN(CC)CCN(CC(=O)O)CC2)cc1)C(=O)NCC(=O)NC(C(=O)NCC(=O)N[C@@H](Cc1cncn1C)C(=O)NC(CC(C)C)CC(C)C)C(C)C)c1ccccc1NC. The zero-order valence-electron chi connectivity index (χ0n) is 61.4. The topological polar surface area (TPSA) is 372 Å². The fraction of sp³-hybridized carbons (Fsp3) is 0.606. The van der Waals surface area contributed by atoms with E-state index in [1.54, 1.807) is 92.2 Å². The number of imidazole rings is 1. The van der Waals surface area contributed by atoms with Gasteiger partial charge in [-0.05, 0) is 85.9 Å². The van der Waals surface area contributed by atoms with E-state index in [4.69, 9.17) is 4.74 Å². The van der Waals surface area contributed by atoms with E-state index in [1.807, 2.05) is 42.2 Å². The lowest BCUT2D eigenvalue weighted by atomic mass is 9.95. The standard InChI is InChI=1S/C71H112IN17O13/c1-12-17-52(56-18-15-16-19-57(56)73-10)35-58(69(99)77-41-62(92)83-68(50(8)9)71(101)78-40-61(91)82-59(36-55-38-74-47-84(55)11)70(100)80-54(33-48(4)5)34-49(6)7)81-60(90)39-76-64(94)43-89(72)66(96)46-102-45-65(95)79-53-22-20-51(21-23-53)37-75-63(93)42-87-30-28-86(24-13-2)27-25-85(14-3)26-29-88(32-31-87)44-67(97)98/h15-23,38,47-50,54,58-59,68,73H,12-14,24-37,39-46H2,1-11H3,(H,75,93)(H,76,94)(H,77,99)(H,78,101)(H,79,95)(H,80,100)(H,81,90)(H,82,91)(H,83,92)(H,97,98)/b52-17-/t58-,59-,68?/m0/s1. The van der Waals surface area contributed by atoms with Crippen LogP contribution in [0.2, 0.25) is 0 Å². The molecule has 1 saturated heterocycles. The lowest BCUT2D eigenvalue weighted by Gasteiger charge is -2.33. The molecule has 0 bridgehead atoms. The van der Waals surface area contributed by atoms with Gasteiger partial charge in [-0.3, -0.25) is 65.7 Å². The number of anilines is 2. The Bertz CT molecular complexity index is 3210.